The van der Waals surface area contributed by atoms with Crippen molar-refractivity contribution in [2.75, 3.05) is 25.4 Å². The summed E-state index contributed by atoms with van der Waals surface area (Å²) in [5, 5.41) is 9.00. The third kappa shape index (κ3) is 3.58. The molecule has 100 valence electrons. The van der Waals surface area contributed by atoms with Crippen LogP contribution < -0.4 is 11.3 Å². The molecule has 1 aliphatic rings. The Hall–Kier alpha value is -1.33. The fourth-order valence-electron chi connectivity index (χ4n) is 2.21. The third-order valence-corrected chi connectivity index (χ3v) is 3.30. The summed E-state index contributed by atoms with van der Waals surface area (Å²) in [6.45, 7) is 2.54. The molecule has 5 heteroatoms. The van der Waals surface area contributed by atoms with Gasteiger partial charge in [0.1, 0.15) is 0 Å². The quantitative estimate of drug-likeness (QED) is 0.730. The highest BCUT2D eigenvalue weighted by Crippen LogP contribution is 2.26. The van der Waals surface area contributed by atoms with Crippen LogP contribution in [0.2, 0.25) is 0 Å². The molecule has 18 heavy (non-hydrogen) atoms. The van der Waals surface area contributed by atoms with Gasteiger partial charge in [0.25, 0.3) is 5.56 Å². The lowest BCUT2D eigenvalue weighted by atomic mass is 10.3. The van der Waals surface area contributed by atoms with E-state index in [-0.39, 0.29) is 12.2 Å². The van der Waals surface area contributed by atoms with Gasteiger partial charge in [0.15, 0.2) is 0 Å². The zero-order valence-electron chi connectivity index (χ0n) is 10.6. The molecule has 0 aromatic carbocycles. The Morgan fingerprint density at radius 3 is 2.83 bits per heavy atom. The normalized spacial score (nSPS) is 15.2. The lowest BCUT2D eigenvalue weighted by Crippen LogP contribution is -2.31. The summed E-state index contributed by atoms with van der Waals surface area (Å²) >= 11 is 0. The first-order valence-corrected chi connectivity index (χ1v) is 6.51. The summed E-state index contributed by atoms with van der Waals surface area (Å²) in [4.78, 5) is 13.9. The number of anilines is 1. The zero-order valence-corrected chi connectivity index (χ0v) is 10.6. The Balaban J connectivity index is 1.83. The largest absolute Gasteiger partial charge is 0.398 e. The molecule has 0 aliphatic heterocycles. The molecule has 1 saturated carbocycles. The van der Waals surface area contributed by atoms with Crippen molar-refractivity contribution in [3.05, 3.63) is 28.7 Å². The second-order valence-electron chi connectivity index (χ2n) is 4.84. The number of pyridine rings is 1. The third-order valence-electron chi connectivity index (χ3n) is 3.30. The fourth-order valence-corrected chi connectivity index (χ4v) is 2.21. The van der Waals surface area contributed by atoms with E-state index in [1.54, 1.807) is 16.8 Å². The van der Waals surface area contributed by atoms with Gasteiger partial charge in [0.05, 0.1) is 6.61 Å². The second-order valence-corrected chi connectivity index (χ2v) is 4.84. The smallest absolute Gasteiger partial charge is 0.250 e. The molecule has 0 unspecified atom stereocenters. The van der Waals surface area contributed by atoms with E-state index in [2.05, 4.69) is 4.90 Å². The number of hydrogen-bond acceptors (Lipinski definition) is 4. The van der Waals surface area contributed by atoms with Gasteiger partial charge in [0.2, 0.25) is 0 Å². The van der Waals surface area contributed by atoms with Crippen molar-refractivity contribution in [1.82, 2.24) is 9.47 Å². The van der Waals surface area contributed by atoms with Crippen LogP contribution in [0.4, 0.5) is 5.69 Å². The van der Waals surface area contributed by atoms with E-state index in [1.807, 2.05) is 0 Å². The lowest BCUT2D eigenvalue weighted by molar-refractivity contribution is 0.185. The van der Waals surface area contributed by atoms with Crippen molar-refractivity contribution in [2.24, 2.45) is 0 Å². The van der Waals surface area contributed by atoms with Crippen molar-refractivity contribution in [3.63, 3.8) is 0 Å². The number of aryl methyl sites for hydroxylation is 1. The molecule has 0 spiro atoms. The van der Waals surface area contributed by atoms with Gasteiger partial charge in [-0.2, -0.15) is 0 Å². The van der Waals surface area contributed by atoms with E-state index in [9.17, 15) is 4.79 Å². The van der Waals surface area contributed by atoms with Gasteiger partial charge in [-0.3, -0.25) is 9.69 Å². The van der Waals surface area contributed by atoms with Crippen molar-refractivity contribution >= 4 is 5.69 Å². The number of aliphatic hydroxyl groups excluding tert-OH is 1. The molecule has 3 N–H and O–H groups in total. The molecule has 5 nitrogen and oxygen atoms in total. The summed E-state index contributed by atoms with van der Waals surface area (Å²) in [7, 11) is 0. The van der Waals surface area contributed by atoms with Crippen LogP contribution in [0.1, 0.15) is 19.3 Å². The average Bonchev–Trinajstić information content (AvgIpc) is 3.16. The molecule has 1 aliphatic carbocycles. The summed E-state index contributed by atoms with van der Waals surface area (Å²) in [6.07, 6.45) is 5.06. The minimum absolute atomic E-state index is 0.00988. The highest BCUT2D eigenvalue weighted by molar-refractivity contribution is 5.33. The Kier molecular flexibility index (Phi) is 4.38. The van der Waals surface area contributed by atoms with E-state index in [0.29, 0.717) is 18.3 Å². The van der Waals surface area contributed by atoms with Crippen LogP contribution in [-0.4, -0.2) is 40.3 Å². The average molecular weight is 251 g/mol. The van der Waals surface area contributed by atoms with E-state index in [0.717, 1.165) is 19.5 Å². The minimum Gasteiger partial charge on any atom is -0.398 e. The van der Waals surface area contributed by atoms with Crippen molar-refractivity contribution in [3.8, 4) is 0 Å². The van der Waals surface area contributed by atoms with Crippen LogP contribution in [-0.2, 0) is 6.54 Å². The van der Waals surface area contributed by atoms with E-state index in [1.165, 1.54) is 18.9 Å². The van der Waals surface area contributed by atoms with Crippen LogP contribution >= 0.6 is 0 Å². The molecule has 0 bridgehead atoms. The van der Waals surface area contributed by atoms with Gasteiger partial charge in [0, 0.05) is 43.6 Å². The Morgan fingerprint density at radius 1 is 1.39 bits per heavy atom. The fraction of sp³-hybridized carbons (Fsp3) is 0.615. The van der Waals surface area contributed by atoms with Crippen LogP contribution in [0.3, 0.4) is 0 Å². The Labute approximate surface area is 107 Å². The van der Waals surface area contributed by atoms with Crippen molar-refractivity contribution in [2.45, 2.75) is 31.8 Å². The van der Waals surface area contributed by atoms with Gasteiger partial charge in [-0.15, -0.1) is 0 Å². The van der Waals surface area contributed by atoms with Crippen LogP contribution in [0.15, 0.2) is 23.1 Å². The van der Waals surface area contributed by atoms with Crippen LogP contribution in [0.25, 0.3) is 0 Å². The highest BCUT2D eigenvalue weighted by atomic mass is 16.3. The predicted octanol–water partition coefficient (Wildman–Crippen LogP) is 0.277. The maximum atomic E-state index is 11.6. The van der Waals surface area contributed by atoms with Gasteiger partial charge in [-0.1, -0.05) is 0 Å². The lowest BCUT2D eigenvalue weighted by Gasteiger charge is -2.20. The molecule has 1 aromatic heterocycles. The second kappa shape index (κ2) is 6.02. The Morgan fingerprint density at radius 2 is 2.17 bits per heavy atom. The topological polar surface area (TPSA) is 71.5 Å². The first kappa shape index (κ1) is 13.1. The van der Waals surface area contributed by atoms with Crippen molar-refractivity contribution in [1.29, 1.82) is 0 Å². The molecule has 0 radical (unpaired) electrons. The first-order chi connectivity index (χ1) is 8.70. The van der Waals surface area contributed by atoms with Gasteiger partial charge < -0.3 is 15.4 Å². The summed E-state index contributed by atoms with van der Waals surface area (Å²) in [5.74, 6) is 0. The number of aromatic nitrogens is 1. The SMILES string of the molecule is Nc1ccc(=O)n(CCCN(CCO)C2CC2)c1. The van der Waals surface area contributed by atoms with E-state index in [4.69, 9.17) is 10.8 Å². The molecule has 2 rings (SSSR count). The van der Waals surface area contributed by atoms with Gasteiger partial charge >= 0.3 is 0 Å². The number of aliphatic hydroxyl groups is 1. The maximum Gasteiger partial charge on any atom is 0.250 e. The molecule has 1 fully saturated rings. The first-order valence-electron chi connectivity index (χ1n) is 6.51. The molecule has 0 saturated heterocycles. The molecule has 1 heterocycles. The summed E-state index contributed by atoms with van der Waals surface area (Å²) in [6, 6.07) is 3.78. The molecule has 1 aromatic rings. The molecular formula is C13H21N3O2. The predicted molar refractivity (Wildman–Crippen MR) is 71.4 cm³/mol. The van der Waals surface area contributed by atoms with Crippen LogP contribution in [0, 0.1) is 0 Å². The number of rotatable bonds is 7. The summed E-state index contributed by atoms with van der Waals surface area (Å²) < 4.78 is 1.65. The van der Waals surface area contributed by atoms with Gasteiger partial charge in [-0.25, -0.2) is 0 Å². The highest BCUT2D eigenvalue weighted by Gasteiger charge is 2.27. The number of nitrogens with two attached hydrogens (primary N) is 1. The summed E-state index contributed by atoms with van der Waals surface area (Å²) in [5.41, 5.74) is 6.27. The monoisotopic (exact) mass is 251 g/mol. The Bertz CT molecular complexity index is 440. The maximum absolute atomic E-state index is 11.6. The molecule has 0 atom stereocenters. The molecular weight excluding hydrogens is 230 g/mol. The van der Waals surface area contributed by atoms with Crippen LogP contribution in [0.5, 0.6) is 0 Å². The van der Waals surface area contributed by atoms with E-state index < -0.39 is 0 Å². The minimum atomic E-state index is -0.00988. The van der Waals surface area contributed by atoms with Crippen molar-refractivity contribution < 1.29 is 5.11 Å². The van der Waals surface area contributed by atoms with E-state index >= 15 is 0 Å². The molecule has 0 amide bonds. The number of hydrogen-bond donors (Lipinski definition) is 2. The number of nitrogens with zero attached hydrogens (tertiary/aromatic N) is 2. The zero-order chi connectivity index (χ0) is 13.0. The number of nitrogen functional groups attached to an aromatic ring is 1. The standard InChI is InChI=1S/C13H21N3O2/c14-11-2-5-13(18)16(10-11)7-1-6-15(8-9-17)12-3-4-12/h2,5,10,12,17H,1,3-4,6-9,14H2. The van der Waals surface area contributed by atoms with Gasteiger partial charge in [-0.05, 0) is 25.3 Å².